The first-order valence-electron chi connectivity index (χ1n) is 4.18. The maximum Gasteiger partial charge on any atom is 0.0589 e. The molecule has 1 aromatic heterocycles. The largest absolute Gasteiger partial charge is 0.397 e. The molecular formula is C10H10ClNS. The molecule has 0 amide bonds. The number of nitrogens with two attached hydrogens (primary N) is 1. The predicted molar refractivity (Wildman–Crippen MR) is 60.6 cm³/mol. The molecule has 0 atom stereocenters. The van der Waals surface area contributed by atoms with Crippen LogP contribution in [0.4, 0.5) is 5.69 Å². The van der Waals surface area contributed by atoms with Crippen LogP contribution in [0.1, 0.15) is 12.5 Å². The standard InChI is InChI=1S/C10H10ClNS/c1-2-6-5-8(11)7-3-4-13-10(7)9(6)12/h3-5H,2,12H2,1H3. The summed E-state index contributed by atoms with van der Waals surface area (Å²) in [6, 6.07) is 3.98. The zero-order valence-corrected chi connectivity index (χ0v) is 8.88. The molecule has 0 aliphatic rings. The summed E-state index contributed by atoms with van der Waals surface area (Å²) >= 11 is 7.75. The van der Waals surface area contributed by atoms with Gasteiger partial charge in [0.2, 0.25) is 0 Å². The zero-order valence-electron chi connectivity index (χ0n) is 7.30. The highest BCUT2D eigenvalue weighted by Gasteiger charge is 2.07. The second-order valence-corrected chi connectivity index (χ2v) is 4.27. The highest BCUT2D eigenvalue weighted by atomic mass is 35.5. The molecule has 68 valence electrons. The van der Waals surface area contributed by atoms with Crippen molar-refractivity contribution in [3.8, 4) is 0 Å². The van der Waals surface area contributed by atoms with E-state index in [2.05, 4.69) is 6.92 Å². The number of anilines is 1. The minimum atomic E-state index is 0.808. The average Bonchev–Trinajstić information content (AvgIpc) is 2.60. The van der Waals surface area contributed by atoms with Crippen LogP contribution in [-0.4, -0.2) is 0 Å². The summed E-state index contributed by atoms with van der Waals surface area (Å²) in [5, 5.41) is 3.90. The van der Waals surface area contributed by atoms with Crippen LogP contribution in [0.25, 0.3) is 10.1 Å². The van der Waals surface area contributed by atoms with Gasteiger partial charge in [-0.05, 0) is 29.5 Å². The van der Waals surface area contributed by atoms with E-state index in [1.807, 2.05) is 17.5 Å². The number of thiophene rings is 1. The van der Waals surface area contributed by atoms with Crippen molar-refractivity contribution >= 4 is 38.7 Å². The van der Waals surface area contributed by atoms with Gasteiger partial charge in [0.05, 0.1) is 10.4 Å². The Bertz CT molecular complexity index is 447. The molecule has 2 rings (SSSR count). The molecular weight excluding hydrogens is 202 g/mol. The van der Waals surface area contributed by atoms with Crippen LogP contribution < -0.4 is 5.73 Å². The highest BCUT2D eigenvalue weighted by molar-refractivity contribution is 7.18. The van der Waals surface area contributed by atoms with Gasteiger partial charge in [-0.1, -0.05) is 18.5 Å². The lowest BCUT2D eigenvalue weighted by Crippen LogP contribution is -1.92. The monoisotopic (exact) mass is 211 g/mol. The number of rotatable bonds is 1. The van der Waals surface area contributed by atoms with Gasteiger partial charge in [0.15, 0.2) is 0 Å². The van der Waals surface area contributed by atoms with E-state index in [1.165, 1.54) is 0 Å². The van der Waals surface area contributed by atoms with Gasteiger partial charge in [0.25, 0.3) is 0 Å². The normalized spacial score (nSPS) is 10.9. The number of halogens is 1. The van der Waals surface area contributed by atoms with Crippen LogP contribution in [0.5, 0.6) is 0 Å². The number of fused-ring (bicyclic) bond motifs is 1. The first-order chi connectivity index (χ1) is 6.24. The van der Waals surface area contributed by atoms with Crippen molar-refractivity contribution in [3.05, 3.63) is 28.1 Å². The Kier molecular flexibility index (Phi) is 2.18. The van der Waals surface area contributed by atoms with E-state index in [0.29, 0.717) is 0 Å². The quantitative estimate of drug-likeness (QED) is 0.716. The molecule has 0 aliphatic carbocycles. The fourth-order valence-corrected chi connectivity index (χ4v) is 2.70. The van der Waals surface area contributed by atoms with Crippen LogP contribution in [0.3, 0.4) is 0 Å². The summed E-state index contributed by atoms with van der Waals surface area (Å²) in [5.74, 6) is 0. The van der Waals surface area contributed by atoms with Crippen LogP contribution >= 0.6 is 22.9 Å². The van der Waals surface area contributed by atoms with Gasteiger partial charge in [-0.15, -0.1) is 11.3 Å². The summed E-state index contributed by atoms with van der Waals surface area (Å²) in [4.78, 5) is 0. The first-order valence-corrected chi connectivity index (χ1v) is 5.44. The number of benzene rings is 1. The summed E-state index contributed by atoms with van der Waals surface area (Å²) in [6.07, 6.45) is 0.930. The molecule has 3 heteroatoms. The zero-order chi connectivity index (χ0) is 9.42. The molecule has 0 saturated carbocycles. The molecule has 2 aromatic rings. The smallest absolute Gasteiger partial charge is 0.0589 e. The molecule has 0 saturated heterocycles. The summed E-state index contributed by atoms with van der Waals surface area (Å²) in [7, 11) is 0. The Morgan fingerprint density at radius 2 is 2.31 bits per heavy atom. The van der Waals surface area contributed by atoms with Crippen molar-refractivity contribution in [2.75, 3.05) is 5.73 Å². The Morgan fingerprint density at radius 1 is 1.54 bits per heavy atom. The minimum Gasteiger partial charge on any atom is -0.397 e. The fourth-order valence-electron chi connectivity index (χ4n) is 1.45. The van der Waals surface area contributed by atoms with Crippen molar-refractivity contribution in [1.82, 2.24) is 0 Å². The summed E-state index contributed by atoms with van der Waals surface area (Å²) in [5.41, 5.74) is 8.02. The molecule has 0 fully saturated rings. The molecule has 0 bridgehead atoms. The molecule has 2 N–H and O–H groups in total. The second kappa shape index (κ2) is 3.20. The van der Waals surface area contributed by atoms with Crippen molar-refractivity contribution < 1.29 is 0 Å². The predicted octanol–water partition coefficient (Wildman–Crippen LogP) is 3.70. The summed E-state index contributed by atoms with van der Waals surface area (Å²) < 4.78 is 1.12. The minimum absolute atomic E-state index is 0.808. The van der Waals surface area contributed by atoms with Gasteiger partial charge in [-0.3, -0.25) is 0 Å². The molecule has 0 unspecified atom stereocenters. The maximum atomic E-state index is 6.11. The van der Waals surface area contributed by atoms with Crippen LogP contribution in [0, 0.1) is 0 Å². The van der Waals surface area contributed by atoms with Gasteiger partial charge >= 0.3 is 0 Å². The highest BCUT2D eigenvalue weighted by Crippen LogP contribution is 2.35. The number of nitrogen functional groups attached to an aromatic ring is 1. The van der Waals surface area contributed by atoms with E-state index >= 15 is 0 Å². The topological polar surface area (TPSA) is 26.0 Å². The van der Waals surface area contributed by atoms with Gasteiger partial charge in [0, 0.05) is 10.4 Å². The van der Waals surface area contributed by atoms with Crippen LogP contribution in [0.15, 0.2) is 17.5 Å². The van der Waals surface area contributed by atoms with E-state index in [-0.39, 0.29) is 0 Å². The van der Waals surface area contributed by atoms with E-state index in [0.717, 1.165) is 32.8 Å². The Balaban J connectivity index is 2.85. The van der Waals surface area contributed by atoms with Gasteiger partial charge in [-0.25, -0.2) is 0 Å². The lowest BCUT2D eigenvalue weighted by Gasteiger charge is -2.05. The average molecular weight is 212 g/mol. The van der Waals surface area contributed by atoms with Gasteiger partial charge in [0.1, 0.15) is 0 Å². The molecule has 0 radical (unpaired) electrons. The van der Waals surface area contributed by atoms with Gasteiger partial charge < -0.3 is 5.73 Å². The van der Waals surface area contributed by atoms with E-state index in [1.54, 1.807) is 11.3 Å². The first kappa shape index (κ1) is 8.85. The van der Waals surface area contributed by atoms with E-state index in [9.17, 15) is 0 Å². The fraction of sp³-hybridized carbons (Fsp3) is 0.200. The molecule has 1 heterocycles. The molecule has 0 aliphatic heterocycles. The second-order valence-electron chi connectivity index (χ2n) is 2.95. The Hall–Kier alpha value is -0.730. The summed E-state index contributed by atoms with van der Waals surface area (Å²) in [6.45, 7) is 2.08. The van der Waals surface area contributed by atoms with Gasteiger partial charge in [-0.2, -0.15) is 0 Å². The lowest BCUT2D eigenvalue weighted by molar-refractivity contribution is 1.15. The third-order valence-electron chi connectivity index (χ3n) is 2.19. The SMILES string of the molecule is CCc1cc(Cl)c2ccsc2c1N. The number of hydrogen-bond acceptors (Lipinski definition) is 2. The third-order valence-corrected chi connectivity index (χ3v) is 3.46. The third kappa shape index (κ3) is 1.30. The molecule has 0 spiro atoms. The van der Waals surface area contributed by atoms with Crippen molar-refractivity contribution in [2.24, 2.45) is 0 Å². The Labute approximate surface area is 86.1 Å². The molecule has 1 aromatic carbocycles. The lowest BCUT2D eigenvalue weighted by atomic mass is 10.1. The van der Waals surface area contributed by atoms with E-state index < -0.39 is 0 Å². The number of aryl methyl sites for hydroxylation is 1. The van der Waals surface area contributed by atoms with Crippen molar-refractivity contribution in [1.29, 1.82) is 0 Å². The van der Waals surface area contributed by atoms with Crippen LogP contribution in [0.2, 0.25) is 5.02 Å². The van der Waals surface area contributed by atoms with E-state index in [4.69, 9.17) is 17.3 Å². The Morgan fingerprint density at radius 3 is 3.00 bits per heavy atom. The van der Waals surface area contributed by atoms with Crippen molar-refractivity contribution in [3.63, 3.8) is 0 Å². The van der Waals surface area contributed by atoms with Crippen molar-refractivity contribution in [2.45, 2.75) is 13.3 Å². The maximum absolute atomic E-state index is 6.11. The van der Waals surface area contributed by atoms with Crippen LogP contribution in [-0.2, 0) is 6.42 Å². The molecule has 1 nitrogen and oxygen atoms in total. The number of hydrogen-bond donors (Lipinski definition) is 1. The molecule has 13 heavy (non-hydrogen) atoms.